The largest absolute Gasteiger partial charge is 0.349 e. The van der Waals surface area contributed by atoms with Crippen LogP contribution < -0.4 is 16.2 Å². The van der Waals surface area contributed by atoms with Crippen molar-refractivity contribution in [3.63, 3.8) is 0 Å². The predicted molar refractivity (Wildman–Crippen MR) is 108 cm³/mol. The number of hydrogen-bond donors (Lipinski definition) is 2. The van der Waals surface area contributed by atoms with Crippen LogP contribution in [-0.2, 0) is 26.4 Å². The molecule has 0 spiro atoms. The lowest BCUT2D eigenvalue weighted by molar-refractivity contribution is 0.0939. The van der Waals surface area contributed by atoms with Crippen LogP contribution in [0.2, 0.25) is 0 Å². The van der Waals surface area contributed by atoms with Crippen LogP contribution in [-0.4, -0.2) is 32.7 Å². The molecule has 2 N–H and O–H groups in total. The topological polar surface area (TPSA) is 80.4 Å². The van der Waals surface area contributed by atoms with E-state index in [1.165, 1.54) is 16.3 Å². The molecule has 4 rings (SSSR count). The molecule has 7 nitrogen and oxygen atoms in total. The number of fused-ring (bicyclic) bond motifs is 2. The monoisotopic (exact) mass is 379 g/mol. The van der Waals surface area contributed by atoms with Gasteiger partial charge in [-0.3, -0.25) is 9.59 Å². The van der Waals surface area contributed by atoms with E-state index in [0.717, 1.165) is 37.1 Å². The number of aromatic nitrogens is 3. The molecule has 146 valence electrons. The van der Waals surface area contributed by atoms with Crippen molar-refractivity contribution in [1.82, 2.24) is 24.8 Å². The second-order valence-corrected chi connectivity index (χ2v) is 7.41. The molecule has 0 aliphatic carbocycles. The summed E-state index contributed by atoms with van der Waals surface area (Å²) in [5.74, 6) is -0.195. The molecule has 1 aromatic carbocycles. The SMILES string of the molecule is C[C@@H](CCc1ccccc1)NC(=O)c1cnn2c(=O)c3c(n(C)c12)CCNC3. The van der Waals surface area contributed by atoms with Crippen LogP contribution in [0, 0.1) is 0 Å². The number of nitrogens with one attached hydrogen (secondary N) is 2. The van der Waals surface area contributed by atoms with Crippen molar-refractivity contribution in [3.8, 4) is 0 Å². The summed E-state index contributed by atoms with van der Waals surface area (Å²) in [6.45, 7) is 3.36. The van der Waals surface area contributed by atoms with E-state index in [9.17, 15) is 9.59 Å². The Morgan fingerprint density at radius 3 is 2.89 bits per heavy atom. The highest BCUT2D eigenvalue weighted by atomic mass is 16.2. The van der Waals surface area contributed by atoms with Crippen LogP contribution in [0.1, 0.15) is 40.5 Å². The molecule has 0 radical (unpaired) electrons. The van der Waals surface area contributed by atoms with Gasteiger partial charge in [-0.2, -0.15) is 9.61 Å². The summed E-state index contributed by atoms with van der Waals surface area (Å²) in [5, 5.41) is 10.5. The van der Waals surface area contributed by atoms with Gasteiger partial charge in [0.15, 0.2) is 5.65 Å². The quantitative estimate of drug-likeness (QED) is 0.703. The number of amides is 1. The fourth-order valence-electron chi connectivity index (χ4n) is 3.87. The minimum atomic E-state index is -0.195. The van der Waals surface area contributed by atoms with Gasteiger partial charge in [0.25, 0.3) is 11.5 Å². The zero-order valence-corrected chi connectivity index (χ0v) is 16.2. The molecular formula is C21H25N5O2. The first-order valence-corrected chi connectivity index (χ1v) is 9.70. The first kappa shape index (κ1) is 18.4. The molecule has 0 fully saturated rings. The van der Waals surface area contributed by atoms with Gasteiger partial charge in [0.1, 0.15) is 5.56 Å². The van der Waals surface area contributed by atoms with Gasteiger partial charge in [0.05, 0.1) is 11.8 Å². The maximum atomic E-state index is 12.9. The fraction of sp³-hybridized carbons (Fsp3) is 0.381. The molecular weight excluding hydrogens is 354 g/mol. The molecule has 1 aliphatic rings. The Morgan fingerprint density at radius 1 is 1.32 bits per heavy atom. The van der Waals surface area contributed by atoms with Crippen molar-refractivity contribution in [2.75, 3.05) is 6.54 Å². The summed E-state index contributed by atoms with van der Waals surface area (Å²) in [4.78, 5) is 25.6. The number of aryl methyl sites for hydroxylation is 2. The Morgan fingerprint density at radius 2 is 2.11 bits per heavy atom. The average Bonchev–Trinajstić information content (AvgIpc) is 3.17. The van der Waals surface area contributed by atoms with Crippen LogP contribution in [0.5, 0.6) is 0 Å². The van der Waals surface area contributed by atoms with E-state index in [-0.39, 0.29) is 17.5 Å². The Hall–Kier alpha value is -2.93. The highest BCUT2D eigenvalue weighted by molar-refractivity contribution is 6.00. The Balaban J connectivity index is 1.56. The van der Waals surface area contributed by atoms with Crippen LogP contribution >= 0.6 is 0 Å². The first-order chi connectivity index (χ1) is 13.6. The van der Waals surface area contributed by atoms with E-state index in [1.54, 1.807) is 0 Å². The molecule has 7 heteroatoms. The Bertz CT molecular complexity index is 1070. The third-order valence-corrected chi connectivity index (χ3v) is 5.44. The van der Waals surface area contributed by atoms with Gasteiger partial charge in [-0.05, 0) is 25.3 Å². The lowest BCUT2D eigenvalue weighted by atomic mass is 10.1. The Kier molecular flexibility index (Phi) is 5.00. The van der Waals surface area contributed by atoms with Crippen molar-refractivity contribution in [2.45, 2.75) is 38.8 Å². The van der Waals surface area contributed by atoms with Crippen molar-refractivity contribution >= 4 is 11.6 Å². The van der Waals surface area contributed by atoms with Gasteiger partial charge < -0.3 is 15.2 Å². The lowest BCUT2D eigenvalue weighted by Crippen LogP contribution is -2.36. The fourth-order valence-corrected chi connectivity index (χ4v) is 3.87. The van der Waals surface area contributed by atoms with Crippen LogP contribution in [0.3, 0.4) is 0 Å². The zero-order chi connectivity index (χ0) is 19.7. The third kappa shape index (κ3) is 3.33. The summed E-state index contributed by atoms with van der Waals surface area (Å²) >= 11 is 0. The summed E-state index contributed by atoms with van der Waals surface area (Å²) in [6.07, 6.45) is 4.00. The van der Waals surface area contributed by atoms with E-state index in [0.29, 0.717) is 17.8 Å². The summed E-state index contributed by atoms with van der Waals surface area (Å²) in [5.41, 5.74) is 3.80. The van der Waals surface area contributed by atoms with Gasteiger partial charge in [-0.15, -0.1) is 0 Å². The van der Waals surface area contributed by atoms with Gasteiger partial charge in [0.2, 0.25) is 0 Å². The first-order valence-electron chi connectivity index (χ1n) is 9.70. The molecule has 1 aliphatic heterocycles. The molecule has 0 saturated heterocycles. The second-order valence-electron chi connectivity index (χ2n) is 7.41. The molecule has 0 bridgehead atoms. The van der Waals surface area contributed by atoms with E-state index >= 15 is 0 Å². The highest BCUT2D eigenvalue weighted by Crippen LogP contribution is 2.16. The molecule has 0 unspecified atom stereocenters. The maximum Gasteiger partial charge on any atom is 0.279 e. The van der Waals surface area contributed by atoms with Crippen molar-refractivity contribution in [3.05, 3.63) is 69.3 Å². The van der Waals surface area contributed by atoms with Crippen LogP contribution in [0.4, 0.5) is 0 Å². The normalized spacial score (nSPS) is 14.6. The molecule has 0 saturated carbocycles. The van der Waals surface area contributed by atoms with Crippen LogP contribution in [0.25, 0.3) is 5.65 Å². The molecule has 3 heterocycles. The second kappa shape index (κ2) is 7.59. The van der Waals surface area contributed by atoms with E-state index < -0.39 is 0 Å². The molecule has 28 heavy (non-hydrogen) atoms. The molecule has 1 atom stereocenters. The van der Waals surface area contributed by atoms with E-state index in [1.807, 2.05) is 36.7 Å². The van der Waals surface area contributed by atoms with Crippen LogP contribution in [0.15, 0.2) is 41.3 Å². The van der Waals surface area contributed by atoms with Gasteiger partial charge in [0, 0.05) is 38.3 Å². The minimum Gasteiger partial charge on any atom is -0.349 e. The number of nitrogens with zero attached hydrogens (tertiary/aromatic N) is 3. The number of benzene rings is 1. The lowest BCUT2D eigenvalue weighted by Gasteiger charge is -2.21. The maximum absolute atomic E-state index is 12.9. The number of carbonyl (C=O) groups is 1. The average molecular weight is 379 g/mol. The molecule has 3 aromatic rings. The van der Waals surface area contributed by atoms with Crippen molar-refractivity contribution in [2.24, 2.45) is 7.05 Å². The standard InChI is InChI=1S/C21H25N5O2/c1-14(8-9-15-6-4-3-5-7-15)24-19(27)17-13-23-26-20(17)25(2)18-10-11-22-12-16(18)21(26)28/h3-7,13-14,22H,8-12H2,1-2H3,(H,24,27)/t14-/m0/s1. The highest BCUT2D eigenvalue weighted by Gasteiger charge is 2.23. The number of rotatable bonds is 5. The summed E-state index contributed by atoms with van der Waals surface area (Å²) in [6, 6.07) is 10.2. The van der Waals surface area contributed by atoms with Gasteiger partial charge >= 0.3 is 0 Å². The van der Waals surface area contributed by atoms with Gasteiger partial charge in [-0.1, -0.05) is 30.3 Å². The predicted octanol–water partition coefficient (Wildman–Crippen LogP) is 1.43. The van der Waals surface area contributed by atoms with Gasteiger partial charge in [-0.25, -0.2) is 0 Å². The van der Waals surface area contributed by atoms with E-state index in [2.05, 4.69) is 27.9 Å². The number of hydrogen-bond acceptors (Lipinski definition) is 4. The third-order valence-electron chi connectivity index (χ3n) is 5.44. The molecule has 1 amide bonds. The minimum absolute atomic E-state index is 0.0153. The van der Waals surface area contributed by atoms with E-state index in [4.69, 9.17) is 0 Å². The summed E-state index contributed by atoms with van der Waals surface area (Å²) in [7, 11) is 1.90. The Labute approximate surface area is 163 Å². The van der Waals surface area contributed by atoms with Crippen molar-refractivity contribution < 1.29 is 4.79 Å². The smallest absolute Gasteiger partial charge is 0.279 e. The zero-order valence-electron chi connectivity index (χ0n) is 16.2. The number of carbonyl (C=O) groups excluding carboxylic acids is 1. The molecule has 2 aromatic heterocycles. The van der Waals surface area contributed by atoms with Crippen molar-refractivity contribution in [1.29, 1.82) is 0 Å². The summed E-state index contributed by atoms with van der Waals surface area (Å²) < 4.78 is 3.28.